The average molecular weight is 469 g/mol. The number of rotatable bonds is 6. The topological polar surface area (TPSA) is 93.2 Å². The lowest BCUT2D eigenvalue weighted by Crippen LogP contribution is -2.12. The molecule has 2 N–H and O–H groups in total. The Kier molecular flexibility index (Phi) is 6.24. The molecular formula is C22H17FN4O3S2. The van der Waals surface area contributed by atoms with E-state index in [-0.39, 0.29) is 17.2 Å². The molecule has 4 aromatic rings. The molecular weight excluding hydrogens is 451 g/mol. The lowest BCUT2D eigenvalue weighted by Gasteiger charge is -2.04. The number of ether oxygens (including phenoxy) is 1. The molecule has 2 amide bonds. The highest BCUT2D eigenvalue weighted by atomic mass is 32.1. The van der Waals surface area contributed by atoms with Crippen LogP contribution in [0.1, 0.15) is 17.4 Å². The fourth-order valence-corrected chi connectivity index (χ4v) is 4.38. The van der Waals surface area contributed by atoms with E-state index in [0.717, 1.165) is 11.3 Å². The van der Waals surface area contributed by atoms with Crippen molar-refractivity contribution in [3.05, 3.63) is 64.7 Å². The van der Waals surface area contributed by atoms with Gasteiger partial charge in [-0.05, 0) is 42.5 Å². The Bertz CT molecular complexity index is 1280. The summed E-state index contributed by atoms with van der Waals surface area (Å²) in [6.07, 6.45) is 0. The minimum Gasteiger partial charge on any atom is -0.497 e. The van der Waals surface area contributed by atoms with Gasteiger partial charge in [-0.25, -0.2) is 14.4 Å². The minimum atomic E-state index is -0.525. The number of anilines is 2. The van der Waals surface area contributed by atoms with Gasteiger partial charge in [0.05, 0.1) is 12.8 Å². The normalized spacial score (nSPS) is 10.6. The third-order valence-corrected chi connectivity index (χ3v) is 6.01. The van der Waals surface area contributed by atoms with E-state index >= 15 is 0 Å². The number of thiazole rings is 2. The number of hydrogen-bond donors (Lipinski definition) is 2. The van der Waals surface area contributed by atoms with E-state index in [1.807, 2.05) is 24.3 Å². The monoisotopic (exact) mass is 468 g/mol. The van der Waals surface area contributed by atoms with Gasteiger partial charge in [0.2, 0.25) is 5.91 Å². The van der Waals surface area contributed by atoms with Crippen LogP contribution in [0.2, 0.25) is 0 Å². The van der Waals surface area contributed by atoms with Crippen molar-refractivity contribution in [2.75, 3.05) is 17.7 Å². The zero-order valence-corrected chi connectivity index (χ0v) is 18.6. The van der Waals surface area contributed by atoms with Crippen molar-refractivity contribution in [1.29, 1.82) is 0 Å². The predicted molar refractivity (Wildman–Crippen MR) is 124 cm³/mol. The Morgan fingerprint density at radius 1 is 1.00 bits per heavy atom. The third-order valence-electron chi connectivity index (χ3n) is 4.36. The number of nitrogens with one attached hydrogen (secondary N) is 2. The molecule has 0 spiro atoms. The van der Waals surface area contributed by atoms with E-state index in [1.54, 1.807) is 23.9 Å². The van der Waals surface area contributed by atoms with Gasteiger partial charge in [0.15, 0.2) is 5.13 Å². The molecule has 0 bridgehead atoms. The van der Waals surface area contributed by atoms with Gasteiger partial charge in [0.1, 0.15) is 22.3 Å². The zero-order chi connectivity index (χ0) is 22.7. The molecule has 0 saturated carbocycles. The molecule has 0 atom stereocenters. The second-order valence-corrected chi connectivity index (χ2v) is 8.35. The number of benzene rings is 2. The zero-order valence-electron chi connectivity index (χ0n) is 17.0. The van der Waals surface area contributed by atoms with Crippen LogP contribution < -0.4 is 15.4 Å². The van der Waals surface area contributed by atoms with Crippen molar-refractivity contribution in [2.45, 2.75) is 6.92 Å². The van der Waals surface area contributed by atoms with Crippen molar-refractivity contribution in [2.24, 2.45) is 0 Å². The molecule has 4 rings (SSSR count). The van der Waals surface area contributed by atoms with Crippen LogP contribution in [-0.4, -0.2) is 28.9 Å². The summed E-state index contributed by atoms with van der Waals surface area (Å²) < 4.78 is 19.6. The lowest BCUT2D eigenvalue weighted by molar-refractivity contribution is -0.114. The summed E-state index contributed by atoms with van der Waals surface area (Å²) in [7, 11) is 1.60. The molecule has 0 aliphatic rings. The van der Waals surface area contributed by atoms with Gasteiger partial charge in [-0.2, -0.15) is 0 Å². The first-order valence-corrected chi connectivity index (χ1v) is 11.1. The first-order valence-electron chi connectivity index (χ1n) is 9.37. The van der Waals surface area contributed by atoms with Crippen LogP contribution in [0.25, 0.3) is 21.8 Å². The van der Waals surface area contributed by atoms with Crippen molar-refractivity contribution < 1.29 is 18.7 Å². The molecule has 7 nitrogen and oxygen atoms in total. The molecule has 0 aliphatic carbocycles. The van der Waals surface area contributed by atoms with Crippen molar-refractivity contribution in [3.8, 4) is 27.6 Å². The van der Waals surface area contributed by atoms with Gasteiger partial charge in [0.25, 0.3) is 5.91 Å². The molecule has 0 aliphatic heterocycles. The summed E-state index contributed by atoms with van der Waals surface area (Å²) in [4.78, 5) is 32.4. The van der Waals surface area contributed by atoms with Crippen molar-refractivity contribution >= 4 is 45.3 Å². The van der Waals surface area contributed by atoms with Gasteiger partial charge in [-0.1, -0.05) is 0 Å². The van der Waals surface area contributed by atoms with E-state index in [4.69, 9.17) is 4.74 Å². The second-order valence-electron chi connectivity index (χ2n) is 6.63. The molecule has 10 heteroatoms. The number of hydrogen-bond acceptors (Lipinski definition) is 7. The molecule has 0 saturated heterocycles. The number of halogens is 1. The van der Waals surface area contributed by atoms with Crippen molar-refractivity contribution in [1.82, 2.24) is 9.97 Å². The highest BCUT2D eigenvalue weighted by Gasteiger charge is 2.16. The summed E-state index contributed by atoms with van der Waals surface area (Å²) >= 11 is 2.54. The number of amides is 2. The summed E-state index contributed by atoms with van der Waals surface area (Å²) in [6.45, 7) is 1.35. The van der Waals surface area contributed by atoms with Gasteiger partial charge in [-0.3, -0.25) is 14.9 Å². The van der Waals surface area contributed by atoms with Gasteiger partial charge < -0.3 is 10.1 Å². The maximum absolute atomic E-state index is 14.4. The van der Waals surface area contributed by atoms with E-state index < -0.39 is 11.7 Å². The Balaban J connectivity index is 1.46. The molecule has 162 valence electrons. The number of nitrogens with zero attached hydrogens (tertiary/aromatic N) is 2. The molecule has 2 aromatic heterocycles. The fourth-order valence-electron chi connectivity index (χ4n) is 2.86. The highest BCUT2D eigenvalue weighted by molar-refractivity contribution is 7.14. The van der Waals surface area contributed by atoms with Crippen molar-refractivity contribution in [3.63, 3.8) is 0 Å². The van der Waals surface area contributed by atoms with Gasteiger partial charge >= 0.3 is 0 Å². The largest absolute Gasteiger partial charge is 0.497 e. The summed E-state index contributed by atoms with van der Waals surface area (Å²) in [5.74, 6) is -0.469. The summed E-state index contributed by atoms with van der Waals surface area (Å²) in [5, 5.41) is 9.58. The molecule has 0 fully saturated rings. The number of carbonyl (C=O) groups excluding carboxylic acids is 2. The lowest BCUT2D eigenvalue weighted by atomic mass is 10.1. The fraction of sp³-hybridized carbons (Fsp3) is 0.0909. The molecule has 2 heterocycles. The standard InChI is InChI=1S/C22H17FN4O3S2/c1-12(28)24-14-5-8-16(17(23)9-14)18-10-32-22(26-18)27-20(29)19-11-31-21(25-19)13-3-6-15(30-2)7-4-13/h3-11H,1-2H3,(H,24,28)(H,26,27,29). The van der Waals surface area contributed by atoms with Crippen LogP contribution in [-0.2, 0) is 4.79 Å². The summed E-state index contributed by atoms with van der Waals surface area (Å²) in [5.41, 5.74) is 2.16. The van der Waals surface area contributed by atoms with E-state index in [2.05, 4.69) is 20.6 Å². The first-order chi connectivity index (χ1) is 15.4. The Morgan fingerprint density at radius 3 is 2.47 bits per heavy atom. The number of carbonyl (C=O) groups is 2. The van der Waals surface area contributed by atoms with Crippen LogP contribution in [0.3, 0.4) is 0 Å². The minimum absolute atomic E-state index is 0.267. The van der Waals surface area contributed by atoms with Crippen LogP contribution in [0.4, 0.5) is 15.2 Å². The highest BCUT2D eigenvalue weighted by Crippen LogP contribution is 2.30. The predicted octanol–water partition coefficient (Wildman–Crippen LogP) is 5.29. The van der Waals surface area contributed by atoms with E-state index in [1.165, 1.54) is 41.7 Å². The third kappa shape index (κ3) is 4.82. The number of methoxy groups -OCH3 is 1. The second kappa shape index (κ2) is 9.25. The quantitative estimate of drug-likeness (QED) is 0.401. The van der Waals surface area contributed by atoms with E-state index in [0.29, 0.717) is 21.5 Å². The molecule has 2 aromatic carbocycles. The molecule has 0 unspecified atom stereocenters. The maximum atomic E-state index is 14.4. The molecule has 0 radical (unpaired) electrons. The Hall–Kier alpha value is -3.63. The average Bonchev–Trinajstić information content (AvgIpc) is 3.43. The van der Waals surface area contributed by atoms with Crippen LogP contribution in [0.15, 0.2) is 53.2 Å². The van der Waals surface area contributed by atoms with Crippen LogP contribution in [0.5, 0.6) is 5.75 Å². The Labute approximate surface area is 190 Å². The number of aromatic nitrogens is 2. The van der Waals surface area contributed by atoms with Gasteiger partial charge in [-0.15, -0.1) is 22.7 Å². The smallest absolute Gasteiger partial charge is 0.276 e. The SMILES string of the molecule is COc1ccc(-c2nc(C(=O)Nc3nc(-c4ccc(NC(C)=O)cc4F)cs3)cs2)cc1. The Morgan fingerprint density at radius 2 is 1.78 bits per heavy atom. The van der Waals surface area contributed by atoms with Crippen LogP contribution in [0, 0.1) is 5.82 Å². The first kappa shape index (κ1) is 21.6. The summed E-state index contributed by atoms with van der Waals surface area (Å²) in [6, 6.07) is 11.8. The van der Waals surface area contributed by atoms with Crippen LogP contribution >= 0.6 is 22.7 Å². The van der Waals surface area contributed by atoms with E-state index in [9.17, 15) is 14.0 Å². The van der Waals surface area contributed by atoms with Gasteiger partial charge in [0, 0.05) is 34.5 Å². The maximum Gasteiger partial charge on any atom is 0.276 e. The molecule has 32 heavy (non-hydrogen) atoms.